The summed E-state index contributed by atoms with van der Waals surface area (Å²) < 4.78 is 23.2. The molecule has 13 heteroatoms. The number of hydrogen-bond acceptors (Lipinski definition) is 12. The third-order valence-corrected chi connectivity index (χ3v) is 5.61. The minimum absolute atomic E-state index is 0.107. The number of aromatic nitrogens is 1. The van der Waals surface area contributed by atoms with Crippen molar-refractivity contribution in [1.82, 2.24) is 4.57 Å². The van der Waals surface area contributed by atoms with Gasteiger partial charge in [0.1, 0.15) is 18.5 Å². The van der Waals surface area contributed by atoms with Gasteiger partial charge >= 0.3 is 22.8 Å². The van der Waals surface area contributed by atoms with E-state index >= 15 is 0 Å². The van der Waals surface area contributed by atoms with E-state index in [0.29, 0.717) is 10.7 Å². The molecule has 1 aromatic rings. The second kappa shape index (κ2) is 8.07. The average Bonchev–Trinajstić information content (AvgIpc) is 3.06. The van der Waals surface area contributed by atoms with Gasteiger partial charge in [0.2, 0.25) is 0 Å². The van der Waals surface area contributed by atoms with Crippen molar-refractivity contribution >= 4 is 41.0 Å². The third kappa shape index (κ3) is 4.03. The molecular weight excluding hydrogens is 420 g/mol. The maximum Gasteiger partial charge on any atom is 0.311 e. The number of aliphatic imine (C=N–C) groups is 1. The van der Waals surface area contributed by atoms with Crippen molar-refractivity contribution in [2.75, 3.05) is 11.9 Å². The topological polar surface area (TPSA) is 161 Å². The Labute approximate surface area is 174 Å². The summed E-state index contributed by atoms with van der Waals surface area (Å²) in [6.45, 7) is 4.98. The first-order valence-electron chi connectivity index (χ1n) is 8.99. The molecule has 30 heavy (non-hydrogen) atoms. The fourth-order valence-corrected chi connectivity index (χ4v) is 4.32. The van der Waals surface area contributed by atoms with Gasteiger partial charge in [-0.1, -0.05) is 11.3 Å². The van der Waals surface area contributed by atoms with Gasteiger partial charge in [0.25, 0.3) is 0 Å². The predicted octanol–water partition coefficient (Wildman–Crippen LogP) is -0.136. The molecule has 1 saturated heterocycles. The lowest BCUT2D eigenvalue weighted by Crippen LogP contribution is -2.52. The highest BCUT2D eigenvalue weighted by molar-refractivity contribution is 7.09. The molecule has 0 spiro atoms. The van der Waals surface area contributed by atoms with Gasteiger partial charge in [-0.15, -0.1) is 0 Å². The van der Waals surface area contributed by atoms with E-state index < -0.39 is 46.8 Å². The first-order chi connectivity index (χ1) is 14.0. The van der Waals surface area contributed by atoms with Crippen LogP contribution in [0.2, 0.25) is 0 Å². The fraction of sp³-hybridized carbons (Fsp3) is 0.588. The molecule has 12 nitrogen and oxygen atoms in total. The van der Waals surface area contributed by atoms with E-state index in [0.717, 1.165) is 11.3 Å². The molecule has 0 saturated carbocycles. The Morgan fingerprint density at radius 2 is 2.00 bits per heavy atom. The van der Waals surface area contributed by atoms with Gasteiger partial charge < -0.3 is 30.0 Å². The van der Waals surface area contributed by atoms with Crippen molar-refractivity contribution in [2.24, 2.45) is 10.7 Å². The van der Waals surface area contributed by atoms with Crippen LogP contribution in [0.4, 0.5) is 5.82 Å². The molecule has 0 aliphatic carbocycles. The molecule has 3 rings (SSSR count). The van der Waals surface area contributed by atoms with Gasteiger partial charge in [-0.2, -0.15) is 0 Å². The summed E-state index contributed by atoms with van der Waals surface area (Å²) in [7, 11) is 0. The standard InChI is InChI=1S/C17H22N4O8S/c1-7(22)26-6-11-17(4,29-9(3)24)12(27-8(2)23)14(28-11)21-13-10(30-16(21)25)5-19-15(18)20-13/h11-12,14H,5-6H2,1-4H3,(H3,18,19,20)/t11-,12+,14-,17+/m1/s1. The minimum Gasteiger partial charge on any atom is -0.463 e. The number of nitrogens with one attached hydrogen (secondary N) is 1. The SMILES string of the molecule is CC(=O)OC[C@H]1O[C@@H](n2c3c(sc2=O)CN=C(N)N3)[C@H](OC(C)=O)[C@@]1(C)OC(C)=O. The number of ether oxygens (including phenoxy) is 4. The molecule has 1 fully saturated rings. The average molecular weight is 442 g/mol. The predicted molar refractivity (Wildman–Crippen MR) is 104 cm³/mol. The number of anilines is 1. The van der Waals surface area contributed by atoms with Crippen molar-refractivity contribution < 1.29 is 33.3 Å². The zero-order valence-electron chi connectivity index (χ0n) is 16.8. The van der Waals surface area contributed by atoms with E-state index in [-0.39, 0.29) is 19.1 Å². The molecule has 0 bridgehead atoms. The highest BCUT2D eigenvalue weighted by atomic mass is 32.1. The first-order valence-corrected chi connectivity index (χ1v) is 9.81. The largest absolute Gasteiger partial charge is 0.463 e. The molecule has 0 unspecified atom stereocenters. The van der Waals surface area contributed by atoms with Crippen molar-refractivity contribution in [1.29, 1.82) is 0 Å². The Morgan fingerprint density at radius 3 is 2.60 bits per heavy atom. The van der Waals surface area contributed by atoms with Gasteiger partial charge in [-0.3, -0.25) is 23.7 Å². The first kappa shape index (κ1) is 21.8. The fourth-order valence-electron chi connectivity index (χ4n) is 3.44. The van der Waals surface area contributed by atoms with E-state index in [1.807, 2.05) is 0 Å². The second-order valence-electron chi connectivity index (χ2n) is 6.96. The maximum absolute atomic E-state index is 12.8. The third-order valence-electron chi connectivity index (χ3n) is 4.67. The summed E-state index contributed by atoms with van der Waals surface area (Å²) in [4.78, 5) is 52.0. The number of guanidine groups is 1. The lowest BCUT2D eigenvalue weighted by Gasteiger charge is -2.33. The van der Waals surface area contributed by atoms with E-state index in [1.165, 1.54) is 32.3 Å². The Bertz CT molecular complexity index is 969. The van der Waals surface area contributed by atoms with E-state index in [2.05, 4.69) is 10.3 Å². The summed E-state index contributed by atoms with van der Waals surface area (Å²) in [6.07, 6.45) is -3.40. The van der Waals surface area contributed by atoms with E-state index in [4.69, 9.17) is 24.7 Å². The summed E-state index contributed by atoms with van der Waals surface area (Å²) in [5.41, 5.74) is 4.20. The number of carbonyl (C=O) groups is 3. The number of nitrogens with zero attached hydrogens (tertiary/aromatic N) is 2. The number of hydrogen-bond donors (Lipinski definition) is 2. The molecule has 4 atom stereocenters. The van der Waals surface area contributed by atoms with Gasteiger partial charge in [-0.05, 0) is 6.92 Å². The summed E-state index contributed by atoms with van der Waals surface area (Å²) in [5.74, 6) is -1.47. The van der Waals surface area contributed by atoms with Crippen LogP contribution in [0, 0.1) is 0 Å². The van der Waals surface area contributed by atoms with Crippen LogP contribution in [-0.4, -0.2) is 52.9 Å². The van der Waals surface area contributed by atoms with Crippen LogP contribution in [0.5, 0.6) is 0 Å². The van der Waals surface area contributed by atoms with E-state index in [1.54, 1.807) is 0 Å². The molecule has 2 aliphatic rings. The number of fused-ring (bicyclic) bond motifs is 1. The molecule has 164 valence electrons. The normalized spacial score (nSPS) is 27.5. The van der Waals surface area contributed by atoms with Crippen molar-refractivity contribution in [3.63, 3.8) is 0 Å². The van der Waals surface area contributed by atoms with Crippen LogP contribution < -0.4 is 15.9 Å². The quantitative estimate of drug-likeness (QED) is 0.464. The molecule has 3 N–H and O–H groups in total. The lowest BCUT2D eigenvalue weighted by molar-refractivity contribution is -0.183. The van der Waals surface area contributed by atoms with Gasteiger partial charge in [0.15, 0.2) is 23.9 Å². The van der Waals surface area contributed by atoms with Crippen molar-refractivity contribution in [3.8, 4) is 0 Å². The summed E-state index contributed by atoms with van der Waals surface area (Å²) in [5, 5.41) is 2.82. The molecule has 3 heterocycles. The smallest absolute Gasteiger partial charge is 0.311 e. The molecule has 1 aromatic heterocycles. The van der Waals surface area contributed by atoms with Crippen LogP contribution in [0.3, 0.4) is 0 Å². The molecule has 0 amide bonds. The maximum atomic E-state index is 12.8. The highest BCUT2D eigenvalue weighted by Gasteiger charge is 2.60. The minimum atomic E-state index is -1.54. The Hall–Kier alpha value is -2.93. The molecule has 0 aromatic carbocycles. The van der Waals surface area contributed by atoms with Crippen LogP contribution >= 0.6 is 11.3 Å². The Kier molecular flexibility index (Phi) is 5.85. The monoisotopic (exact) mass is 442 g/mol. The molecule has 2 aliphatic heterocycles. The van der Waals surface area contributed by atoms with E-state index in [9.17, 15) is 19.2 Å². The van der Waals surface area contributed by atoms with Crippen LogP contribution in [0.15, 0.2) is 9.79 Å². The molecular formula is C17H22N4O8S. The van der Waals surface area contributed by atoms with Crippen LogP contribution in [0.1, 0.15) is 38.8 Å². The van der Waals surface area contributed by atoms with Crippen LogP contribution in [-0.2, 0) is 39.9 Å². The zero-order valence-corrected chi connectivity index (χ0v) is 17.6. The second-order valence-corrected chi connectivity index (χ2v) is 8.01. The summed E-state index contributed by atoms with van der Waals surface area (Å²) in [6, 6.07) is 0. The number of nitrogens with two attached hydrogens (primary N) is 1. The van der Waals surface area contributed by atoms with Gasteiger partial charge in [0.05, 0.1) is 11.4 Å². The van der Waals surface area contributed by atoms with Crippen LogP contribution in [0.25, 0.3) is 0 Å². The lowest BCUT2D eigenvalue weighted by atomic mass is 9.94. The Morgan fingerprint density at radius 1 is 1.30 bits per heavy atom. The summed E-state index contributed by atoms with van der Waals surface area (Å²) >= 11 is 0.929. The zero-order chi connectivity index (χ0) is 22.2. The molecule has 0 radical (unpaired) electrons. The highest BCUT2D eigenvalue weighted by Crippen LogP contribution is 2.43. The van der Waals surface area contributed by atoms with Crippen molar-refractivity contribution in [2.45, 2.75) is 58.3 Å². The Balaban J connectivity index is 2.08. The van der Waals surface area contributed by atoms with Crippen molar-refractivity contribution in [3.05, 3.63) is 14.5 Å². The number of rotatable bonds is 5. The van der Waals surface area contributed by atoms with Gasteiger partial charge in [-0.25, -0.2) is 4.99 Å². The number of esters is 3. The number of carbonyl (C=O) groups excluding carboxylic acids is 3. The number of thiazole rings is 1. The van der Waals surface area contributed by atoms with Gasteiger partial charge in [0, 0.05) is 20.8 Å².